The van der Waals surface area contributed by atoms with Crippen LogP contribution in [0.2, 0.25) is 0 Å². The molecular formula is C17H18F2O2. The number of halogens is 2. The number of hydrogen-bond acceptors (Lipinski definition) is 2. The van der Waals surface area contributed by atoms with Gasteiger partial charge in [-0.2, -0.15) is 0 Å². The quantitative estimate of drug-likeness (QED) is 0.902. The van der Waals surface area contributed by atoms with Crippen molar-refractivity contribution in [3.8, 4) is 5.75 Å². The van der Waals surface area contributed by atoms with Crippen LogP contribution in [0.1, 0.15) is 31.4 Å². The maximum absolute atomic E-state index is 13.3. The zero-order valence-corrected chi connectivity index (χ0v) is 12.1. The topological polar surface area (TPSA) is 29.5 Å². The van der Waals surface area contributed by atoms with Crippen molar-refractivity contribution in [2.24, 2.45) is 0 Å². The molecule has 0 aliphatic rings. The van der Waals surface area contributed by atoms with Gasteiger partial charge in [-0.3, -0.25) is 0 Å². The molecule has 21 heavy (non-hydrogen) atoms. The fraction of sp³-hybridized carbons (Fsp3) is 0.294. The SMILES string of the molecule is CCCOc1ccc(C(C)(O)c2cc(F)cc(F)c2)cc1. The number of aliphatic hydroxyl groups is 1. The molecule has 2 nitrogen and oxygen atoms in total. The van der Waals surface area contributed by atoms with Crippen molar-refractivity contribution in [2.75, 3.05) is 6.61 Å². The molecule has 2 aromatic carbocycles. The minimum Gasteiger partial charge on any atom is -0.494 e. The van der Waals surface area contributed by atoms with E-state index in [-0.39, 0.29) is 5.56 Å². The van der Waals surface area contributed by atoms with Crippen molar-refractivity contribution in [1.82, 2.24) is 0 Å². The average Bonchev–Trinajstić information content (AvgIpc) is 2.44. The molecule has 1 N–H and O–H groups in total. The van der Waals surface area contributed by atoms with Crippen molar-refractivity contribution in [3.63, 3.8) is 0 Å². The molecule has 112 valence electrons. The molecule has 0 amide bonds. The van der Waals surface area contributed by atoms with Crippen molar-refractivity contribution in [2.45, 2.75) is 25.9 Å². The normalized spacial score (nSPS) is 13.8. The van der Waals surface area contributed by atoms with Crippen molar-refractivity contribution in [3.05, 3.63) is 65.2 Å². The highest BCUT2D eigenvalue weighted by atomic mass is 19.1. The number of hydrogen-bond donors (Lipinski definition) is 1. The molecule has 0 aliphatic heterocycles. The van der Waals surface area contributed by atoms with E-state index < -0.39 is 17.2 Å². The average molecular weight is 292 g/mol. The molecule has 0 aliphatic carbocycles. The second kappa shape index (κ2) is 6.22. The van der Waals surface area contributed by atoms with Gasteiger partial charge < -0.3 is 9.84 Å². The van der Waals surface area contributed by atoms with Gasteiger partial charge in [0.25, 0.3) is 0 Å². The minimum absolute atomic E-state index is 0.169. The van der Waals surface area contributed by atoms with Crippen LogP contribution in [0.4, 0.5) is 8.78 Å². The van der Waals surface area contributed by atoms with E-state index in [2.05, 4.69) is 0 Å². The summed E-state index contributed by atoms with van der Waals surface area (Å²) in [5, 5.41) is 10.6. The Hall–Kier alpha value is -1.94. The summed E-state index contributed by atoms with van der Waals surface area (Å²) in [7, 11) is 0. The molecule has 1 unspecified atom stereocenters. The van der Waals surface area contributed by atoms with Gasteiger partial charge in [0.1, 0.15) is 23.0 Å². The first-order chi connectivity index (χ1) is 9.93. The third-order valence-corrected chi connectivity index (χ3v) is 3.31. The fourth-order valence-corrected chi connectivity index (χ4v) is 2.10. The van der Waals surface area contributed by atoms with Crippen molar-refractivity contribution >= 4 is 0 Å². The second-order valence-electron chi connectivity index (χ2n) is 5.10. The van der Waals surface area contributed by atoms with Gasteiger partial charge in [-0.1, -0.05) is 19.1 Å². The smallest absolute Gasteiger partial charge is 0.126 e. The molecule has 2 aromatic rings. The number of benzene rings is 2. The first-order valence-corrected chi connectivity index (χ1v) is 6.85. The summed E-state index contributed by atoms with van der Waals surface area (Å²) in [6.07, 6.45) is 0.905. The van der Waals surface area contributed by atoms with E-state index >= 15 is 0 Å². The molecule has 2 rings (SSSR count). The molecule has 0 saturated heterocycles. The molecule has 0 saturated carbocycles. The maximum atomic E-state index is 13.3. The van der Waals surface area contributed by atoms with Gasteiger partial charge in [0, 0.05) is 6.07 Å². The Morgan fingerprint density at radius 2 is 1.57 bits per heavy atom. The summed E-state index contributed by atoms with van der Waals surface area (Å²) >= 11 is 0. The van der Waals surface area contributed by atoms with E-state index in [4.69, 9.17) is 4.74 Å². The third-order valence-electron chi connectivity index (χ3n) is 3.31. The van der Waals surface area contributed by atoms with Gasteiger partial charge in [0.2, 0.25) is 0 Å². The van der Waals surface area contributed by atoms with E-state index in [1.165, 1.54) is 6.92 Å². The lowest BCUT2D eigenvalue weighted by atomic mass is 9.88. The van der Waals surface area contributed by atoms with Crippen LogP contribution < -0.4 is 4.74 Å². The fourth-order valence-electron chi connectivity index (χ4n) is 2.10. The predicted molar refractivity (Wildman–Crippen MR) is 77.3 cm³/mol. The number of rotatable bonds is 5. The molecule has 4 heteroatoms. The molecule has 0 bridgehead atoms. The molecule has 0 spiro atoms. The van der Waals surface area contributed by atoms with Gasteiger partial charge >= 0.3 is 0 Å². The van der Waals surface area contributed by atoms with Gasteiger partial charge in [0.15, 0.2) is 0 Å². The summed E-state index contributed by atoms with van der Waals surface area (Å²) in [4.78, 5) is 0. The lowest BCUT2D eigenvalue weighted by Crippen LogP contribution is -2.23. The molecule has 0 heterocycles. The summed E-state index contributed by atoms with van der Waals surface area (Å²) in [6.45, 7) is 4.13. The van der Waals surface area contributed by atoms with E-state index in [1.54, 1.807) is 24.3 Å². The van der Waals surface area contributed by atoms with Crippen LogP contribution in [0.25, 0.3) is 0 Å². The van der Waals surface area contributed by atoms with Gasteiger partial charge in [-0.05, 0) is 48.7 Å². The molecule has 0 aromatic heterocycles. The van der Waals surface area contributed by atoms with E-state index in [1.807, 2.05) is 6.92 Å². The van der Waals surface area contributed by atoms with Crippen LogP contribution in [0.3, 0.4) is 0 Å². The molecular weight excluding hydrogens is 274 g/mol. The monoisotopic (exact) mass is 292 g/mol. The summed E-state index contributed by atoms with van der Waals surface area (Å²) in [5.41, 5.74) is -0.773. The van der Waals surface area contributed by atoms with E-state index in [9.17, 15) is 13.9 Å². The summed E-state index contributed by atoms with van der Waals surface area (Å²) < 4.78 is 32.1. The van der Waals surface area contributed by atoms with Crippen LogP contribution in [0.5, 0.6) is 5.75 Å². The molecule has 0 radical (unpaired) electrons. The van der Waals surface area contributed by atoms with Crippen LogP contribution >= 0.6 is 0 Å². The second-order valence-corrected chi connectivity index (χ2v) is 5.10. The van der Waals surface area contributed by atoms with E-state index in [0.717, 1.165) is 24.6 Å². The first-order valence-electron chi connectivity index (χ1n) is 6.85. The zero-order valence-electron chi connectivity index (χ0n) is 12.1. The lowest BCUT2D eigenvalue weighted by molar-refractivity contribution is 0.101. The van der Waals surface area contributed by atoms with Crippen LogP contribution in [0, 0.1) is 11.6 Å². The highest BCUT2D eigenvalue weighted by Crippen LogP contribution is 2.31. The largest absolute Gasteiger partial charge is 0.494 e. The highest BCUT2D eigenvalue weighted by molar-refractivity contribution is 5.38. The van der Waals surface area contributed by atoms with Crippen molar-refractivity contribution in [1.29, 1.82) is 0 Å². The van der Waals surface area contributed by atoms with Crippen LogP contribution in [-0.4, -0.2) is 11.7 Å². The standard InChI is InChI=1S/C17H18F2O2/c1-3-8-21-16-6-4-12(5-7-16)17(2,20)13-9-14(18)11-15(19)10-13/h4-7,9-11,20H,3,8H2,1-2H3. The highest BCUT2D eigenvalue weighted by Gasteiger charge is 2.26. The molecule has 0 fully saturated rings. The Labute approximate surface area is 123 Å². The van der Waals surface area contributed by atoms with Gasteiger partial charge in [-0.25, -0.2) is 8.78 Å². The third kappa shape index (κ3) is 3.58. The Kier molecular flexibility index (Phi) is 4.58. The van der Waals surface area contributed by atoms with Crippen molar-refractivity contribution < 1.29 is 18.6 Å². The predicted octanol–water partition coefficient (Wildman–Crippen LogP) is 4.01. The maximum Gasteiger partial charge on any atom is 0.126 e. The number of ether oxygens (including phenoxy) is 1. The molecule has 1 atom stereocenters. The first kappa shape index (κ1) is 15.4. The zero-order chi connectivity index (χ0) is 15.5. The van der Waals surface area contributed by atoms with E-state index in [0.29, 0.717) is 17.9 Å². The van der Waals surface area contributed by atoms with Crippen LogP contribution in [-0.2, 0) is 5.60 Å². The Morgan fingerprint density at radius 3 is 2.10 bits per heavy atom. The summed E-state index contributed by atoms with van der Waals surface area (Å²) in [5.74, 6) is -0.733. The lowest BCUT2D eigenvalue weighted by Gasteiger charge is -2.25. The Balaban J connectivity index is 2.30. The Bertz CT molecular complexity index is 586. The van der Waals surface area contributed by atoms with Gasteiger partial charge in [-0.15, -0.1) is 0 Å². The minimum atomic E-state index is -1.48. The van der Waals surface area contributed by atoms with Crippen LogP contribution in [0.15, 0.2) is 42.5 Å². The Morgan fingerprint density at radius 1 is 1.00 bits per heavy atom. The summed E-state index contributed by atoms with van der Waals surface area (Å²) in [6, 6.07) is 9.88. The van der Waals surface area contributed by atoms with Gasteiger partial charge in [0.05, 0.1) is 6.61 Å².